The van der Waals surface area contributed by atoms with Crippen LogP contribution in [0.3, 0.4) is 0 Å². The Morgan fingerprint density at radius 3 is 2.40 bits per heavy atom. The van der Waals surface area contributed by atoms with Gasteiger partial charge >= 0.3 is 0 Å². The molecule has 0 unspecified atom stereocenters. The summed E-state index contributed by atoms with van der Waals surface area (Å²) in [5, 5.41) is 31.8. The van der Waals surface area contributed by atoms with Crippen molar-refractivity contribution in [3.8, 4) is 11.5 Å². The summed E-state index contributed by atoms with van der Waals surface area (Å²) in [5.41, 5.74) is 3.52. The monoisotopic (exact) mass is 571 g/mol. The zero-order valence-electron chi connectivity index (χ0n) is 23.3. The Morgan fingerprint density at radius 1 is 1.05 bits per heavy atom. The number of halogens is 1. The first-order valence-electron chi connectivity index (χ1n) is 14.0. The number of likely N-dealkylation sites (tertiary alicyclic amines) is 1. The molecular formula is C34H34FNO6. The molecule has 1 aliphatic carbocycles. The van der Waals surface area contributed by atoms with Gasteiger partial charge in [-0.25, -0.2) is 4.39 Å². The lowest BCUT2D eigenvalue weighted by atomic mass is 9.68. The van der Waals surface area contributed by atoms with Crippen molar-refractivity contribution in [2.24, 2.45) is 17.8 Å². The molecule has 8 heteroatoms. The molecule has 3 aromatic rings. The van der Waals surface area contributed by atoms with Crippen molar-refractivity contribution in [3.05, 3.63) is 107 Å². The van der Waals surface area contributed by atoms with Crippen LogP contribution in [-0.4, -0.2) is 58.4 Å². The number of aromatic hydroxyl groups is 1. The highest BCUT2D eigenvalue weighted by Gasteiger charge is 2.53. The van der Waals surface area contributed by atoms with Crippen molar-refractivity contribution in [2.45, 2.75) is 25.4 Å². The number of ether oxygens (including phenoxy) is 1. The average Bonchev–Trinajstić information content (AvgIpc) is 3.23. The molecular weight excluding hydrogens is 537 g/mol. The number of carbonyl (C=O) groups is 2. The van der Waals surface area contributed by atoms with Gasteiger partial charge in [0.05, 0.1) is 24.5 Å². The first kappa shape index (κ1) is 29.2. The predicted molar refractivity (Wildman–Crippen MR) is 157 cm³/mol. The molecule has 0 saturated carbocycles. The number of aliphatic hydroxyl groups excluding tert-OH is 2. The zero-order chi connectivity index (χ0) is 29.8. The third-order valence-electron chi connectivity index (χ3n) is 8.26. The van der Waals surface area contributed by atoms with Crippen molar-refractivity contribution < 1.29 is 34.0 Å². The Morgan fingerprint density at radius 2 is 1.74 bits per heavy atom. The molecule has 2 amide bonds. The molecule has 42 heavy (non-hydrogen) atoms. The summed E-state index contributed by atoms with van der Waals surface area (Å²) < 4.78 is 20.1. The maximum atomic E-state index is 14.1. The molecule has 3 aromatic carbocycles. The van der Waals surface area contributed by atoms with E-state index in [-0.39, 0.29) is 31.3 Å². The van der Waals surface area contributed by atoms with E-state index in [9.17, 15) is 29.3 Å². The third kappa shape index (κ3) is 6.00. The largest absolute Gasteiger partial charge is 0.505 e. The van der Waals surface area contributed by atoms with Crippen LogP contribution in [0.5, 0.6) is 11.5 Å². The van der Waals surface area contributed by atoms with E-state index >= 15 is 0 Å². The fraction of sp³-hybridized carbons (Fsp3) is 0.294. The number of allylic oxidation sites excluding steroid dienone is 1. The molecule has 1 fully saturated rings. The van der Waals surface area contributed by atoms with Gasteiger partial charge in [0.1, 0.15) is 12.4 Å². The van der Waals surface area contributed by atoms with E-state index in [1.807, 2.05) is 66.7 Å². The first-order chi connectivity index (χ1) is 20.3. The fourth-order valence-electron chi connectivity index (χ4n) is 6.15. The second-order valence-electron chi connectivity index (χ2n) is 10.8. The van der Waals surface area contributed by atoms with Crippen LogP contribution in [0.25, 0.3) is 11.6 Å². The summed E-state index contributed by atoms with van der Waals surface area (Å²) in [4.78, 5) is 27.1. The second-order valence-corrected chi connectivity index (χ2v) is 10.8. The summed E-state index contributed by atoms with van der Waals surface area (Å²) in [6.07, 6.45) is 1.67. The summed E-state index contributed by atoms with van der Waals surface area (Å²) in [6, 6.07) is 22.9. The number of amides is 2. The highest BCUT2D eigenvalue weighted by atomic mass is 19.1. The molecule has 218 valence electrons. The lowest BCUT2D eigenvalue weighted by Crippen LogP contribution is -2.39. The lowest BCUT2D eigenvalue weighted by Gasteiger charge is -2.36. The molecule has 0 bridgehead atoms. The van der Waals surface area contributed by atoms with Gasteiger partial charge in [-0.1, -0.05) is 60.7 Å². The number of imide groups is 1. The second kappa shape index (κ2) is 12.7. The van der Waals surface area contributed by atoms with Crippen LogP contribution in [0.1, 0.15) is 30.4 Å². The van der Waals surface area contributed by atoms with E-state index in [0.717, 1.165) is 16.0 Å². The third-order valence-corrected chi connectivity index (χ3v) is 8.26. The van der Waals surface area contributed by atoms with E-state index < -0.39 is 42.0 Å². The van der Waals surface area contributed by atoms with Gasteiger partial charge in [-0.05, 0) is 71.4 Å². The molecule has 1 saturated heterocycles. The topological polar surface area (TPSA) is 107 Å². The number of para-hydroxylation sites is 1. The number of aliphatic hydroxyl groups is 2. The van der Waals surface area contributed by atoms with Gasteiger partial charge in [0, 0.05) is 13.0 Å². The van der Waals surface area contributed by atoms with Crippen molar-refractivity contribution in [1.82, 2.24) is 4.90 Å². The van der Waals surface area contributed by atoms with Gasteiger partial charge in [-0.15, -0.1) is 0 Å². The minimum absolute atomic E-state index is 0.107. The number of hydrogen-bond acceptors (Lipinski definition) is 6. The minimum Gasteiger partial charge on any atom is -0.505 e. The molecule has 0 spiro atoms. The van der Waals surface area contributed by atoms with Crippen molar-refractivity contribution >= 4 is 23.5 Å². The number of phenols is 1. The van der Waals surface area contributed by atoms with Gasteiger partial charge in [-0.2, -0.15) is 0 Å². The van der Waals surface area contributed by atoms with E-state index in [1.165, 1.54) is 19.2 Å². The van der Waals surface area contributed by atoms with Gasteiger partial charge in [0.2, 0.25) is 11.8 Å². The van der Waals surface area contributed by atoms with E-state index in [1.54, 1.807) is 6.07 Å². The fourth-order valence-corrected chi connectivity index (χ4v) is 6.15. The number of hydrogen-bond donors (Lipinski definition) is 3. The molecule has 2 aliphatic rings. The summed E-state index contributed by atoms with van der Waals surface area (Å²) in [7, 11) is 1.46. The quantitative estimate of drug-likeness (QED) is 0.183. The van der Waals surface area contributed by atoms with Crippen LogP contribution in [0.4, 0.5) is 4.39 Å². The highest BCUT2D eigenvalue weighted by Crippen LogP contribution is 2.46. The number of phenolic OH excluding ortho intramolecular Hbond substituents is 1. The van der Waals surface area contributed by atoms with Gasteiger partial charge in [0.25, 0.3) is 0 Å². The number of rotatable bonds is 10. The summed E-state index contributed by atoms with van der Waals surface area (Å²) in [5.74, 6) is -3.27. The number of fused-ring (bicyclic) bond motifs is 1. The maximum Gasteiger partial charge on any atom is 0.233 e. The van der Waals surface area contributed by atoms with Crippen molar-refractivity contribution in [1.29, 1.82) is 0 Å². The summed E-state index contributed by atoms with van der Waals surface area (Å²) >= 11 is 0. The molecule has 0 radical (unpaired) electrons. The number of nitrogens with zero attached hydrogens (tertiary/aromatic N) is 1. The van der Waals surface area contributed by atoms with Gasteiger partial charge in [0.15, 0.2) is 11.6 Å². The minimum atomic E-state index is -1.03. The first-order valence-corrected chi connectivity index (χ1v) is 14.0. The van der Waals surface area contributed by atoms with Crippen LogP contribution in [0.2, 0.25) is 0 Å². The standard InChI is InChI=1S/C34H34FNO6/c1-36-33(40)26-18-24(20-42-25-10-6-3-7-11-25)31(27(19-37)32(26)34(36)41)30(39)15-13-23(22-8-4-2-5-9-22)16-21-12-14-29(38)28(35)17-21/h2-12,14,16-17,26-27,30,32,37-39H,13,15,18-20H2,1H3/b23-16-/t26-,27+,30-,32-/m1/s1. The van der Waals surface area contributed by atoms with E-state index in [2.05, 4.69) is 0 Å². The van der Waals surface area contributed by atoms with Crippen LogP contribution < -0.4 is 4.74 Å². The van der Waals surface area contributed by atoms with Crippen LogP contribution >= 0.6 is 0 Å². The molecule has 5 rings (SSSR count). The number of benzene rings is 3. The van der Waals surface area contributed by atoms with Gasteiger partial charge in [-0.3, -0.25) is 14.5 Å². The lowest BCUT2D eigenvalue weighted by molar-refractivity contribution is -0.138. The molecule has 3 N–H and O–H groups in total. The SMILES string of the molecule is CN1C(=O)[C@@H]2[C@@H](CC(COc3ccccc3)=C([C@H](O)CC/C(=C/c3ccc(O)c(F)c3)c3ccccc3)[C@@H]2CO)C1=O. The summed E-state index contributed by atoms with van der Waals surface area (Å²) in [6.45, 7) is -0.293. The van der Waals surface area contributed by atoms with Crippen LogP contribution in [0, 0.1) is 23.6 Å². The van der Waals surface area contributed by atoms with E-state index in [0.29, 0.717) is 28.9 Å². The number of carbonyl (C=O) groups excluding carboxylic acids is 2. The molecule has 1 aliphatic heterocycles. The Labute approximate surface area is 244 Å². The van der Waals surface area contributed by atoms with Crippen molar-refractivity contribution in [2.75, 3.05) is 20.3 Å². The van der Waals surface area contributed by atoms with Crippen molar-refractivity contribution in [3.63, 3.8) is 0 Å². The normalized spacial score (nSPS) is 21.5. The Bertz CT molecular complexity index is 1500. The van der Waals surface area contributed by atoms with Crippen LogP contribution in [0.15, 0.2) is 90.0 Å². The Kier molecular flexibility index (Phi) is 8.85. The molecule has 0 aromatic heterocycles. The Balaban J connectivity index is 1.47. The molecule has 1 heterocycles. The van der Waals surface area contributed by atoms with Gasteiger partial charge < -0.3 is 20.1 Å². The van der Waals surface area contributed by atoms with E-state index in [4.69, 9.17) is 4.74 Å². The smallest absolute Gasteiger partial charge is 0.233 e. The molecule has 7 nitrogen and oxygen atoms in total. The highest BCUT2D eigenvalue weighted by molar-refractivity contribution is 6.05. The Hall–Kier alpha value is -4.27. The maximum absolute atomic E-state index is 14.1. The average molecular weight is 572 g/mol. The predicted octanol–water partition coefficient (Wildman–Crippen LogP) is 4.83. The molecule has 4 atom stereocenters. The van der Waals surface area contributed by atoms with Crippen LogP contribution in [-0.2, 0) is 9.59 Å². The zero-order valence-corrected chi connectivity index (χ0v) is 23.3.